The molecule has 0 spiro atoms. The quantitative estimate of drug-likeness (QED) is 0.217. The molecule has 0 unspecified atom stereocenters. The first-order valence-corrected chi connectivity index (χ1v) is 14.3. The first kappa shape index (κ1) is 31.1. The lowest BCUT2D eigenvalue weighted by Crippen LogP contribution is -2.17. The molecule has 0 fully saturated rings. The van der Waals surface area contributed by atoms with Crippen molar-refractivity contribution in [1.82, 2.24) is 4.98 Å². The number of carbonyl (C=O) groups is 2. The molecule has 214 valence electrons. The fourth-order valence-electron chi connectivity index (χ4n) is 4.42. The van der Waals surface area contributed by atoms with Gasteiger partial charge in [0.1, 0.15) is 6.61 Å². The third-order valence-corrected chi connectivity index (χ3v) is 6.91. The lowest BCUT2D eigenvalue weighted by molar-refractivity contribution is 0.0525. The molecule has 0 aliphatic heterocycles. The molecular formula is C32H38BrNO6. The first-order chi connectivity index (χ1) is 18.9. The van der Waals surface area contributed by atoms with E-state index in [1.807, 2.05) is 6.92 Å². The number of pyridine rings is 1. The Bertz CT molecular complexity index is 1330. The van der Waals surface area contributed by atoms with Crippen LogP contribution < -0.4 is 9.47 Å². The number of halogens is 1. The van der Waals surface area contributed by atoms with E-state index in [9.17, 15) is 9.59 Å². The van der Waals surface area contributed by atoms with E-state index >= 15 is 0 Å². The summed E-state index contributed by atoms with van der Waals surface area (Å²) in [6, 6.07) is 11.9. The highest BCUT2D eigenvalue weighted by Gasteiger charge is 2.29. The summed E-state index contributed by atoms with van der Waals surface area (Å²) >= 11 is 3.65. The molecule has 0 saturated carbocycles. The van der Waals surface area contributed by atoms with Crippen molar-refractivity contribution >= 4 is 27.9 Å². The second kappa shape index (κ2) is 13.3. The van der Waals surface area contributed by atoms with Crippen LogP contribution in [-0.2, 0) is 21.5 Å². The van der Waals surface area contributed by atoms with Gasteiger partial charge in [-0.15, -0.1) is 0 Å². The smallest absolute Gasteiger partial charge is 0.340 e. The molecule has 0 saturated heterocycles. The normalized spacial score (nSPS) is 11.2. The number of aromatic nitrogens is 1. The molecule has 7 nitrogen and oxygen atoms in total. The molecule has 3 rings (SSSR count). The van der Waals surface area contributed by atoms with Gasteiger partial charge >= 0.3 is 11.9 Å². The Morgan fingerprint density at radius 2 is 1.38 bits per heavy atom. The minimum absolute atomic E-state index is 0.0643. The van der Waals surface area contributed by atoms with Gasteiger partial charge < -0.3 is 18.9 Å². The number of carbonyl (C=O) groups excluding carboxylic acids is 2. The topological polar surface area (TPSA) is 84.0 Å². The molecule has 40 heavy (non-hydrogen) atoms. The molecule has 0 amide bonds. The van der Waals surface area contributed by atoms with E-state index in [2.05, 4.69) is 66.0 Å². The van der Waals surface area contributed by atoms with Crippen molar-refractivity contribution in [3.8, 4) is 22.6 Å². The Balaban J connectivity index is 2.14. The zero-order valence-corrected chi connectivity index (χ0v) is 26.2. The maximum Gasteiger partial charge on any atom is 0.340 e. The van der Waals surface area contributed by atoms with Gasteiger partial charge in [-0.3, -0.25) is 4.98 Å². The molecule has 2 aromatic carbocycles. The average molecular weight is 613 g/mol. The molecule has 8 heteroatoms. The van der Waals surface area contributed by atoms with Gasteiger partial charge in [0.15, 0.2) is 11.5 Å². The van der Waals surface area contributed by atoms with Crippen LogP contribution in [0.25, 0.3) is 11.1 Å². The van der Waals surface area contributed by atoms with Gasteiger partial charge in [-0.1, -0.05) is 45.0 Å². The fraction of sp³-hybridized carbons (Fsp3) is 0.406. The monoisotopic (exact) mass is 611 g/mol. The van der Waals surface area contributed by atoms with E-state index in [-0.39, 0.29) is 29.8 Å². The Kier molecular flexibility index (Phi) is 10.4. The molecular weight excluding hydrogens is 574 g/mol. The number of ether oxygens (including phenoxy) is 4. The minimum atomic E-state index is -0.568. The van der Waals surface area contributed by atoms with Gasteiger partial charge in [0.25, 0.3) is 0 Å². The minimum Gasteiger partial charge on any atom is -0.490 e. The van der Waals surface area contributed by atoms with Gasteiger partial charge in [0.2, 0.25) is 0 Å². The Hall–Kier alpha value is -3.39. The van der Waals surface area contributed by atoms with Crippen molar-refractivity contribution < 1.29 is 28.5 Å². The summed E-state index contributed by atoms with van der Waals surface area (Å²) in [6.45, 7) is 16.4. The number of aryl methyl sites for hydroxylation is 2. The van der Waals surface area contributed by atoms with Crippen molar-refractivity contribution in [2.75, 3.05) is 19.8 Å². The molecule has 3 aromatic rings. The lowest BCUT2D eigenvalue weighted by atomic mass is 9.87. The number of hydrogen-bond donors (Lipinski definition) is 0. The zero-order chi connectivity index (χ0) is 29.6. The third-order valence-electron chi connectivity index (χ3n) is 6.32. The van der Waals surface area contributed by atoms with Gasteiger partial charge in [0, 0.05) is 5.56 Å². The van der Waals surface area contributed by atoms with E-state index in [4.69, 9.17) is 18.9 Å². The largest absolute Gasteiger partial charge is 0.490 e. The second-order valence-electron chi connectivity index (χ2n) is 10.3. The summed E-state index contributed by atoms with van der Waals surface area (Å²) in [5.41, 5.74) is 4.59. The summed E-state index contributed by atoms with van der Waals surface area (Å²) in [4.78, 5) is 30.7. The number of esters is 2. The lowest BCUT2D eigenvalue weighted by Gasteiger charge is -2.21. The summed E-state index contributed by atoms with van der Waals surface area (Å²) < 4.78 is 23.5. The number of benzene rings is 2. The predicted octanol–water partition coefficient (Wildman–Crippen LogP) is 7.76. The summed E-state index contributed by atoms with van der Waals surface area (Å²) in [7, 11) is 0. The van der Waals surface area contributed by atoms with Crippen LogP contribution in [0.4, 0.5) is 0 Å². The highest BCUT2D eigenvalue weighted by atomic mass is 79.9. The molecule has 0 N–H and O–H groups in total. The van der Waals surface area contributed by atoms with Crippen LogP contribution in [-0.4, -0.2) is 36.7 Å². The van der Waals surface area contributed by atoms with E-state index in [0.717, 1.165) is 5.56 Å². The second-order valence-corrected chi connectivity index (χ2v) is 11.2. The molecule has 0 atom stereocenters. The van der Waals surface area contributed by atoms with Gasteiger partial charge in [0.05, 0.1) is 46.8 Å². The van der Waals surface area contributed by atoms with Crippen molar-refractivity contribution in [2.45, 2.75) is 67.4 Å². The van der Waals surface area contributed by atoms with Crippen LogP contribution >= 0.6 is 15.9 Å². The Labute approximate surface area is 245 Å². The molecule has 1 aromatic heterocycles. The zero-order valence-electron chi connectivity index (χ0n) is 24.6. The van der Waals surface area contributed by atoms with Crippen molar-refractivity contribution in [1.29, 1.82) is 0 Å². The molecule has 0 aliphatic rings. The highest BCUT2D eigenvalue weighted by Crippen LogP contribution is 2.43. The Morgan fingerprint density at radius 1 is 0.825 bits per heavy atom. The average Bonchev–Trinajstić information content (AvgIpc) is 2.87. The van der Waals surface area contributed by atoms with E-state index in [0.29, 0.717) is 51.7 Å². The van der Waals surface area contributed by atoms with Gasteiger partial charge in [-0.25, -0.2) is 9.59 Å². The third kappa shape index (κ3) is 7.02. The van der Waals surface area contributed by atoms with Gasteiger partial charge in [-0.05, 0) is 84.8 Å². The summed E-state index contributed by atoms with van der Waals surface area (Å²) in [5, 5.41) is 0. The van der Waals surface area contributed by atoms with Crippen LogP contribution in [0, 0.1) is 13.8 Å². The fourth-order valence-corrected chi connectivity index (χ4v) is 4.97. The van der Waals surface area contributed by atoms with E-state index < -0.39 is 11.9 Å². The maximum absolute atomic E-state index is 13.1. The number of hydrogen-bond acceptors (Lipinski definition) is 7. The van der Waals surface area contributed by atoms with Crippen LogP contribution in [0.2, 0.25) is 0 Å². The van der Waals surface area contributed by atoms with E-state index in [1.165, 1.54) is 5.56 Å². The SMILES string of the molecule is CCOC(=O)c1c(C)nc(C)c(C(=O)OCC)c1-c1cc(Br)c(OCc2ccc(C(C)(C)C)cc2)c(OCC)c1. The molecule has 0 radical (unpaired) electrons. The Morgan fingerprint density at radius 3 is 1.85 bits per heavy atom. The van der Waals surface area contributed by atoms with Crippen molar-refractivity contribution in [2.24, 2.45) is 0 Å². The first-order valence-electron chi connectivity index (χ1n) is 13.5. The van der Waals surface area contributed by atoms with E-state index in [1.54, 1.807) is 39.8 Å². The van der Waals surface area contributed by atoms with Crippen molar-refractivity contribution in [3.63, 3.8) is 0 Å². The standard InChI is InChI=1S/C32H38BrNO6/c1-9-37-25-17-22(16-24(33)29(25)40-18-21-12-14-23(15-13-21)32(6,7)8)28-26(30(35)38-10-2)19(4)34-20(5)27(28)31(36)39-11-3/h12-17H,9-11,18H2,1-8H3. The van der Waals surface area contributed by atoms with Crippen LogP contribution in [0.5, 0.6) is 11.5 Å². The van der Waals surface area contributed by atoms with Gasteiger partial charge in [-0.2, -0.15) is 0 Å². The number of rotatable bonds is 10. The van der Waals surface area contributed by atoms with Crippen LogP contribution in [0.3, 0.4) is 0 Å². The molecule has 1 heterocycles. The molecule has 0 bridgehead atoms. The van der Waals surface area contributed by atoms with Crippen molar-refractivity contribution in [3.05, 3.63) is 74.5 Å². The number of nitrogens with zero attached hydrogens (tertiary/aromatic N) is 1. The maximum atomic E-state index is 13.1. The summed E-state index contributed by atoms with van der Waals surface area (Å²) in [6.07, 6.45) is 0. The predicted molar refractivity (Wildman–Crippen MR) is 159 cm³/mol. The highest BCUT2D eigenvalue weighted by molar-refractivity contribution is 9.10. The van der Waals surface area contributed by atoms with Crippen LogP contribution in [0.15, 0.2) is 40.9 Å². The van der Waals surface area contributed by atoms with Crippen LogP contribution in [0.1, 0.15) is 84.8 Å². The molecule has 0 aliphatic carbocycles. The summed E-state index contributed by atoms with van der Waals surface area (Å²) in [5.74, 6) is -0.152.